The number of pyridine rings is 1. The van der Waals surface area contributed by atoms with Crippen LogP contribution in [0, 0.1) is 0 Å². The first-order chi connectivity index (χ1) is 9.29. The Morgan fingerprint density at radius 1 is 1.05 bits per heavy atom. The molecule has 0 atom stereocenters. The van der Waals surface area contributed by atoms with E-state index in [9.17, 15) is 4.79 Å². The van der Waals surface area contributed by atoms with Gasteiger partial charge in [-0.05, 0) is 23.8 Å². The van der Waals surface area contributed by atoms with Gasteiger partial charge in [-0.1, -0.05) is 36.4 Å². The van der Waals surface area contributed by atoms with E-state index in [1.807, 2.05) is 65.2 Å². The van der Waals surface area contributed by atoms with Crippen LogP contribution in [0.3, 0.4) is 0 Å². The zero-order valence-corrected chi connectivity index (χ0v) is 10.5. The Morgan fingerprint density at radius 3 is 2.58 bits per heavy atom. The van der Waals surface area contributed by atoms with E-state index in [4.69, 9.17) is 4.74 Å². The van der Waals surface area contributed by atoms with Crippen LogP contribution in [0.1, 0.15) is 10.4 Å². The first-order valence-corrected chi connectivity index (χ1v) is 6.04. The monoisotopic (exact) mass is 251 g/mol. The highest BCUT2D eigenvalue weighted by Crippen LogP contribution is 2.22. The van der Waals surface area contributed by atoms with Gasteiger partial charge in [0.2, 0.25) is 0 Å². The first-order valence-electron chi connectivity index (χ1n) is 6.04. The zero-order chi connectivity index (χ0) is 13.2. The highest BCUT2D eigenvalue weighted by Gasteiger charge is 2.10. The van der Waals surface area contributed by atoms with Crippen molar-refractivity contribution in [3.05, 3.63) is 66.4 Å². The third-order valence-corrected chi connectivity index (χ3v) is 3.12. The van der Waals surface area contributed by atoms with E-state index < -0.39 is 0 Å². The van der Waals surface area contributed by atoms with Crippen LogP contribution in [0.25, 0.3) is 16.8 Å². The average molecular weight is 251 g/mol. The van der Waals surface area contributed by atoms with Crippen molar-refractivity contribution in [1.29, 1.82) is 0 Å². The molecule has 0 bridgehead atoms. The SMILES string of the molecule is COC(=O)c1cc2cccc(-c3ccccc3)n2c1. The predicted octanol–water partition coefficient (Wildman–Crippen LogP) is 3.39. The number of benzene rings is 1. The molecular formula is C16H13NO2. The molecule has 0 saturated carbocycles. The van der Waals surface area contributed by atoms with E-state index in [0.717, 1.165) is 16.8 Å². The van der Waals surface area contributed by atoms with Gasteiger partial charge in [-0.2, -0.15) is 0 Å². The number of carbonyl (C=O) groups excluding carboxylic acids is 1. The number of esters is 1. The summed E-state index contributed by atoms with van der Waals surface area (Å²) in [4.78, 5) is 11.6. The topological polar surface area (TPSA) is 30.7 Å². The lowest BCUT2D eigenvalue weighted by Gasteiger charge is -2.05. The number of nitrogens with zero attached hydrogens (tertiary/aromatic N) is 1. The Labute approximate surface area is 111 Å². The molecule has 0 fully saturated rings. The van der Waals surface area contributed by atoms with Crippen molar-refractivity contribution in [3.8, 4) is 11.3 Å². The van der Waals surface area contributed by atoms with Crippen molar-refractivity contribution < 1.29 is 9.53 Å². The molecule has 2 heterocycles. The third-order valence-electron chi connectivity index (χ3n) is 3.12. The summed E-state index contributed by atoms with van der Waals surface area (Å²) in [5.74, 6) is -0.317. The lowest BCUT2D eigenvalue weighted by molar-refractivity contribution is 0.0601. The number of hydrogen-bond donors (Lipinski definition) is 0. The number of carbonyl (C=O) groups is 1. The van der Waals surface area contributed by atoms with Gasteiger partial charge in [-0.3, -0.25) is 0 Å². The van der Waals surface area contributed by atoms with Gasteiger partial charge in [0.05, 0.1) is 18.4 Å². The van der Waals surface area contributed by atoms with Crippen LogP contribution in [0.15, 0.2) is 60.8 Å². The maximum atomic E-state index is 11.6. The molecule has 0 spiro atoms. The molecule has 3 heteroatoms. The molecule has 0 saturated heterocycles. The van der Waals surface area contributed by atoms with Gasteiger partial charge in [0.15, 0.2) is 0 Å². The van der Waals surface area contributed by atoms with E-state index in [0.29, 0.717) is 5.56 Å². The smallest absolute Gasteiger partial charge is 0.339 e. The minimum absolute atomic E-state index is 0.317. The van der Waals surface area contributed by atoms with Crippen molar-refractivity contribution in [2.45, 2.75) is 0 Å². The van der Waals surface area contributed by atoms with Gasteiger partial charge in [0.1, 0.15) is 0 Å². The second-order valence-electron chi connectivity index (χ2n) is 4.29. The zero-order valence-electron chi connectivity index (χ0n) is 10.5. The normalized spacial score (nSPS) is 10.6. The summed E-state index contributed by atoms with van der Waals surface area (Å²) in [6.07, 6.45) is 1.81. The van der Waals surface area contributed by atoms with E-state index in [1.54, 1.807) is 0 Å². The van der Waals surface area contributed by atoms with Gasteiger partial charge in [-0.15, -0.1) is 0 Å². The first kappa shape index (κ1) is 11.5. The van der Waals surface area contributed by atoms with Crippen LogP contribution >= 0.6 is 0 Å². The van der Waals surface area contributed by atoms with Gasteiger partial charge >= 0.3 is 5.97 Å². The Balaban J connectivity index is 2.21. The second kappa shape index (κ2) is 4.61. The minimum Gasteiger partial charge on any atom is -0.465 e. The fourth-order valence-corrected chi connectivity index (χ4v) is 2.21. The number of ether oxygens (including phenoxy) is 1. The van der Waals surface area contributed by atoms with E-state index in [1.165, 1.54) is 7.11 Å². The molecule has 3 rings (SSSR count). The molecule has 0 aliphatic rings. The van der Waals surface area contributed by atoms with Crippen LogP contribution < -0.4 is 0 Å². The molecule has 19 heavy (non-hydrogen) atoms. The molecule has 2 aromatic heterocycles. The van der Waals surface area contributed by atoms with Crippen LogP contribution in [0.4, 0.5) is 0 Å². The number of fused-ring (bicyclic) bond motifs is 1. The standard InChI is InChI=1S/C16H13NO2/c1-19-16(18)13-10-14-8-5-9-15(17(14)11-13)12-6-3-2-4-7-12/h2-11H,1H3. The Morgan fingerprint density at radius 2 is 1.84 bits per heavy atom. The summed E-state index contributed by atoms with van der Waals surface area (Å²) in [6, 6.07) is 17.9. The summed E-state index contributed by atoms with van der Waals surface area (Å²) in [5, 5.41) is 0. The van der Waals surface area contributed by atoms with Gasteiger partial charge in [0.25, 0.3) is 0 Å². The molecular weight excluding hydrogens is 238 g/mol. The van der Waals surface area contributed by atoms with Crippen molar-refractivity contribution in [3.63, 3.8) is 0 Å². The largest absolute Gasteiger partial charge is 0.465 e. The van der Waals surface area contributed by atoms with E-state index in [2.05, 4.69) is 0 Å². The van der Waals surface area contributed by atoms with Crippen LogP contribution in [0.2, 0.25) is 0 Å². The minimum atomic E-state index is -0.317. The van der Waals surface area contributed by atoms with E-state index in [-0.39, 0.29) is 5.97 Å². The molecule has 0 aliphatic carbocycles. The maximum absolute atomic E-state index is 11.6. The molecule has 0 unspecified atom stereocenters. The van der Waals surface area contributed by atoms with Crippen molar-refractivity contribution >= 4 is 11.5 Å². The van der Waals surface area contributed by atoms with Gasteiger partial charge in [-0.25, -0.2) is 4.79 Å². The Hall–Kier alpha value is -2.55. The molecule has 0 N–H and O–H groups in total. The molecule has 0 amide bonds. The number of hydrogen-bond acceptors (Lipinski definition) is 2. The quantitative estimate of drug-likeness (QED) is 0.653. The fourth-order valence-electron chi connectivity index (χ4n) is 2.21. The fraction of sp³-hybridized carbons (Fsp3) is 0.0625. The number of methoxy groups -OCH3 is 1. The molecule has 3 nitrogen and oxygen atoms in total. The second-order valence-corrected chi connectivity index (χ2v) is 4.29. The van der Waals surface area contributed by atoms with Crippen molar-refractivity contribution in [2.24, 2.45) is 0 Å². The lowest BCUT2D eigenvalue weighted by Crippen LogP contribution is -1.98. The molecule has 3 aromatic rings. The molecule has 1 aromatic carbocycles. The Kier molecular flexibility index (Phi) is 2.80. The summed E-state index contributed by atoms with van der Waals surface area (Å²) in [5.41, 5.74) is 3.70. The predicted molar refractivity (Wildman–Crippen MR) is 74.2 cm³/mol. The van der Waals surface area contributed by atoms with Gasteiger partial charge < -0.3 is 9.14 Å². The highest BCUT2D eigenvalue weighted by molar-refractivity contribution is 5.91. The highest BCUT2D eigenvalue weighted by atomic mass is 16.5. The Bertz CT molecular complexity index is 729. The summed E-state index contributed by atoms with van der Waals surface area (Å²) in [6.45, 7) is 0. The van der Waals surface area contributed by atoms with Gasteiger partial charge in [0, 0.05) is 11.7 Å². The average Bonchev–Trinajstić information content (AvgIpc) is 2.91. The maximum Gasteiger partial charge on any atom is 0.339 e. The van der Waals surface area contributed by atoms with Crippen molar-refractivity contribution in [2.75, 3.05) is 7.11 Å². The number of aromatic nitrogens is 1. The number of rotatable bonds is 2. The van der Waals surface area contributed by atoms with Crippen LogP contribution in [-0.4, -0.2) is 17.5 Å². The molecule has 94 valence electrons. The molecule has 0 aliphatic heterocycles. The van der Waals surface area contributed by atoms with Crippen LogP contribution in [-0.2, 0) is 4.74 Å². The lowest BCUT2D eigenvalue weighted by atomic mass is 10.1. The third kappa shape index (κ3) is 1.99. The molecule has 0 radical (unpaired) electrons. The summed E-state index contributed by atoms with van der Waals surface area (Å²) < 4.78 is 6.76. The summed E-state index contributed by atoms with van der Waals surface area (Å²) in [7, 11) is 1.39. The van der Waals surface area contributed by atoms with Crippen LogP contribution in [0.5, 0.6) is 0 Å². The van der Waals surface area contributed by atoms with Crippen molar-refractivity contribution in [1.82, 2.24) is 4.40 Å². The summed E-state index contributed by atoms with van der Waals surface area (Å²) >= 11 is 0. The van der Waals surface area contributed by atoms with E-state index >= 15 is 0 Å².